The van der Waals surface area contributed by atoms with Gasteiger partial charge in [-0.1, -0.05) is 19.1 Å². The van der Waals surface area contributed by atoms with Gasteiger partial charge in [-0.05, 0) is 43.9 Å². The molecule has 0 amide bonds. The summed E-state index contributed by atoms with van der Waals surface area (Å²) in [5.41, 5.74) is 0.632. The van der Waals surface area contributed by atoms with Crippen LogP contribution in [0.1, 0.15) is 49.0 Å². The van der Waals surface area contributed by atoms with Crippen LogP contribution in [0.2, 0.25) is 0 Å². The Morgan fingerprint density at radius 2 is 2.10 bits per heavy atom. The lowest BCUT2D eigenvalue weighted by molar-refractivity contribution is 0.0696. The predicted molar refractivity (Wildman–Crippen MR) is 80.6 cm³/mol. The van der Waals surface area contributed by atoms with Crippen molar-refractivity contribution in [3.05, 3.63) is 35.4 Å². The van der Waals surface area contributed by atoms with E-state index < -0.39 is 16.0 Å². The first-order valence-corrected chi connectivity index (χ1v) is 8.79. The smallest absolute Gasteiger partial charge is 0.335 e. The van der Waals surface area contributed by atoms with E-state index in [1.807, 2.05) is 13.8 Å². The third-order valence-corrected chi connectivity index (χ3v) is 6.03. The molecule has 1 aliphatic heterocycles. The lowest BCUT2D eigenvalue weighted by Crippen LogP contribution is -2.40. The molecule has 1 heterocycles. The predicted octanol–water partition coefficient (Wildman–Crippen LogP) is 2.48. The van der Waals surface area contributed by atoms with E-state index in [4.69, 9.17) is 5.11 Å². The molecule has 2 unspecified atom stereocenters. The SMILES string of the molecule is CCC1CCC(C)N1S(=O)(=O)Cc1cccc(C(=O)O)c1. The summed E-state index contributed by atoms with van der Waals surface area (Å²) >= 11 is 0. The Balaban J connectivity index is 2.25. The van der Waals surface area contributed by atoms with Gasteiger partial charge in [0.1, 0.15) is 0 Å². The van der Waals surface area contributed by atoms with Crippen molar-refractivity contribution in [3.8, 4) is 0 Å². The summed E-state index contributed by atoms with van der Waals surface area (Å²) in [6, 6.07) is 6.22. The van der Waals surface area contributed by atoms with E-state index in [9.17, 15) is 13.2 Å². The number of carboxylic acids is 1. The molecular weight excluding hydrogens is 290 g/mol. The van der Waals surface area contributed by atoms with Crippen molar-refractivity contribution >= 4 is 16.0 Å². The normalized spacial score (nSPS) is 23.3. The summed E-state index contributed by atoms with van der Waals surface area (Å²) in [6.45, 7) is 3.93. The summed E-state index contributed by atoms with van der Waals surface area (Å²) in [5.74, 6) is -1.19. The van der Waals surface area contributed by atoms with E-state index in [0.29, 0.717) is 5.56 Å². The second-order valence-corrected chi connectivity index (χ2v) is 7.45. The highest BCUT2D eigenvalue weighted by atomic mass is 32.2. The molecule has 116 valence electrons. The van der Waals surface area contributed by atoms with Crippen molar-refractivity contribution in [3.63, 3.8) is 0 Å². The first-order valence-electron chi connectivity index (χ1n) is 7.18. The second-order valence-electron chi connectivity index (χ2n) is 5.58. The van der Waals surface area contributed by atoms with Gasteiger partial charge in [0.15, 0.2) is 0 Å². The monoisotopic (exact) mass is 311 g/mol. The average molecular weight is 311 g/mol. The molecule has 2 atom stereocenters. The van der Waals surface area contributed by atoms with Crippen LogP contribution in [0.15, 0.2) is 24.3 Å². The van der Waals surface area contributed by atoms with Crippen LogP contribution in [0.3, 0.4) is 0 Å². The Kier molecular flexibility index (Phi) is 4.68. The lowest BCUT2D eigenvalue weighted by atomic mass is 10.1. The number of hydrogen-bond acceptors (Lipinski definition) is 3. The van der Waals surface area contributed by atoms with Gasteiger partial charge in [-0.15, -0.1) is 0 Å². The van der Waals surface area contributed by atoms with Crippen LogP contribution in [0.25, 0.3) is 0 Å². The zero-order valence-corrected chi connectivity index (χ0v) is 13.1. The van der Waals surface area contributed by atoms with E-state index in [1.54, 1.807) is 16.4 Å². The lowest BCUT2D eigenvalue weighted by Gasteiger charge is -2.27. The van der Waals surface area contributed by atoms with E-state index in [2.05, 4.69) is 0 Å². The quantitative estimate of drug-likeness (QED) is 0.906. The highest BCUT2D eigenvalue weighted by Gasteiger charge is 2.38. The molecule has 1 N–H and O–H groups in total. The molecule has 1 aliphatic rings. The fourth-order valence-corrected chi connectivity index (χ4v) is 5.12. The molecular formula is C15H21NO4S. The molecule has 0 radical (unpaired) electrons. The fraction of sp³-hybridized carbons (Fsp3) is 0.533. The van der Waals surface area contributed by atoms with Crippen LogP contribution < -0.4 is 0 Å². The minimum Gasteiger partial charge on any atom is -0.478 e. The van der Waals surface area contributed by atoms with Crippen LogP contribution in [0.4, 0.5) is 0 Å². The molecule has 1 fully saturated rings. The largest absolute Gasteiger partial charge is 0.478 e. The second kappa shape index (κ2) is 6.15. The fourth-order valence-electron chi connectivity index (χ4n) is 3.01. The first-order chi connectivity index (χ1) is 9.85. The Hall–Kier alpha value is -1.40. The van der Waals surface area contributed by atoms with Gasteiger partial charge in [0, 0.05) is 12.1 Å². The minimum absolute atomic E-state index is 0.0163. The molecule has 0 aliphatic carbocycles. The molecule has 2 rings (SSSR count). The summed E-state index contributed by atoms with van der Waals surface area (Å²) in [7, 11) is -3.43. The highest BCUT2D eigenvalue weighted by Crippen LogP contribution is 2.30. The molecule has 1 saturated heterocycles. The van der Waals surface area contributed by atoms with Crippen LogP contribution in [-0.2, 0) is 15.8 Å². The summed E-state index contributed by atoms with van der Waals surface area (Å²) < 4.78 is 26.9. The van der Waals surface area contributed by atoms with E-state index in [1.165, 1.54) is 12.1 Å². The van der Waals surface area contributed by atoms with Gasteiger partial charge in [-0.25, -0.2) is 13.2 Å². The van der Waals surface area contributed by atoms with Gasteiger partial charge in [0.25, 0.3) is 0 Å². The summed E-state index contributed by atoms with van der Waals surface area (Å²) in [4.78, 5) is 11.0. The van der Waals surface area contributed by atoms with Gasteiger partial charge >= 0.3 is 5.97 Å². The number of benzene rings is 1. The number of rotatable bonds is 5. The summed E-state index contributed by atoms with van der Waals surface area (Å²) in [5, 5.41) is 8.98. The molecule has 0 bridgehead atoms. The van der Waals surface area contributed by atoms with Crippen molar-refractivity contribution < 1.29 is 18.3 Å². The Morgan fingerprint density at radius 1 is 1.38 bits per heavy atom. The Morgan fingerprint density at radius 3 is 2.71 bits per heavy atom. The van der Waals surface area contributed by atoms with Gasteiger partial charge < -0.3 is 5.11 Å². The van der Waals surface area contributed by atoms with Gasteiger partial charge in [-0.2, -0.15) is 4.31 Å². The molecule has 6 heteroatoms. The zero-order chi connectivity index (χ0) is 15.6. The zero-order valence-electron chi connectivity index (χ0n) is 12.3. The molecule has 0 spiro atoms. The van der Waals surface area contributed by atoms with Crippen LogP contribution in [-0.4, -0.2) is 35.9 Å². The topological polar surface area (TPSA) is 74.7 Å². The minimum atomic E-state index is -3.43. The van der Waals surface area contributed by atoms with Crippen molar-refractivity contribution in [2.45, 2.75) is 50.9 Å². The van der Waals surface area contributed by atoms with Crippen LogP contribution >= 0.6 is 0 Å². The number of sulfonamides is 1. The standard InChI is InChI=1S/C15H21NO4S/c1-3-14-8-7-11(2)16(14)21(19,20)10-12-5-4-6-13(9-12)15(17)18/h4-6,9,11,14H,3,7-8,10H2,1-2H3,(H,17,18). The third-order valence-electron chi connectivity index (χ3n) is 4.03. The molecule has 1 aromatic rings. The van der Waals surface area contributed by atoms with Crippen molar-refractivity contribution in [2.75, 3.05) is 0 Å². The van der Waals surface area contributed by atoms with Gasteiger partial charge in [0.2, 0.25) is 10.0 Å². The third kappa shape index (κ3) is 3.44. The van der Waals surface area contributed by atoms with E-state index in [-0.39, 0.29) is 23.4 Å². The Labute approximate surface area is 125 Å². The average Bonchev–Trinajstić information content (AvgIpc) is 2.80. The number of aromatic carboxylic acids is 1. The number of carbonyl (C=O) groups is 1. The maximum atomic E-state index is 12.6. The maximum Gasteiger partial charge on any atom is 0.335 e. The highest BCUT2D eigenvalue weighted by molar-refractivity contribution is 7.88. The van der Waals surface area contributed by atoms with Gasteiger partial charge in [0.05, 0.1) is 11.3 Å². The van der Waals surface area contributed by atoms with Crippen LogP contribution in [0, 0.1) is 0 Å². The van der Waals surface area contributed by atoms with Gasteiger partial charge in [-0.3, -0.25) is 0 Å². The maximum absolute atomic E-state index is 12.6. The first kappa shape index (κ1) is 16.0. The number of carboxylic acid groups (broad SMARTS) is 1. The molecule has 5 nitrogen and oxygen atoms in total. The number of hydrogen-bond donors (Lipinski definition) is 1. The molecule has 0 aromatic heterocycles. The number of nitrogens with zero attached hydrogens (tertiary/aromatic N) is 1. The van der Waals surface area contributed by atoms with Crippen molar-refractivity contribution in [1.82, 2.24) is 4.31 Å². The molecule has 1 aromatic carbocycles. The summed E-state index contributed by atoms with van der Waals surface area (Å²) in [6.07, 6.45) is 2.58. The molecule has 21 heavy (non-hydrogen) atoms. The van der Waals surface area contributed by atoms with E-state index >= 15 is 0 Å². The van der Waals surface area contributed by atoms with E-state index in [0.717, 1.165) is 19.3 Å². The van der Waals surface area contributed by atoms with Crippen molar-refractivity contribution in [1.29, 1.82) is 0 Å². The van der Waals surface area contributed by atoms with Crippen molar-refractivity contribution in [2.24, 2.45) is 0 Å². The molecule has 0 saturated carbocycles. The van der Waals surface area contributed by atoms with Crippen LogP contribution in [0.5, 0.6) is 0 Å². The Bertz CT molecular complexity index is 626.